The van der Waals surface area contributed by atoms with Crippen molar-refractivity contribution in [3.63, 3.8) is 0 Å². The third kappa shape index (κ3) is 1.54. The molecule has 0 spiro atoms. The van der Waals surface area contributed by atoms with Crippen molar-refractivity contribution in [1.82, 2.24) is 4.90 Å². The number of hydrogen-bond acceptors (Lipinski definition) is 3. The van der Waals surface area contributed by atoms with Gasteiger partial charge in [0.25, 0.3) is 0 Å². The van der Waals surface area contributed by atoms with Crippen LogP contribution in [0.2, 0.25) is 0 Å². The predicted octanol–water partition coefficient (Wildman–Crippen LogP) is 1.28. The summed E-state index contributed by atoms with van der Waals surface area (Å²) < 4.78 is 5.18. The van der Waals surface area contributed by atoms with E-state index in [1.807, 2.05) is 6.92 Å². The second kappa shape index (κ2) is 3.54. The molecule has 0 radical (unpaired) electrons. The van der Waals surface area contributed by atoms with Gasteiger partial charge in [-0.3, -0.25) is 4.79 Å². The second-order valence-electron chi connectivity index (χ2n) is 4.81. The molecule has 1 aliphatic heterocycles. The van der Waals surface area contributed by atoms with Gasteiger partial charge in [0, 0.05) is 13.1 Å². The lowest BCUT2D eigenvalue weighted by atomic mass is 9.82. The molecule has 3 nitrogen and oxygen atoms in total. The summed E-state index contributed by atoms with van der Waals surface area (Å²) in [5.41, 5.74) is -0.159. The summed E-state index contributed by atoms with van der Waals surface area (Å²) in [5, 5.41) is 0. The van der Waals surface area contributed by atoms with Crippen LogP contribution >= 0.6 is 0 Å². The molecular formula is C11H19NO2. The van der Waals surface area contributed by atoms with Crippen LogP contribution < -0.4 is 0 Å². The van der Waals surface area contributed by atoms with E-state index in [-0.39, 0.29) is 11.4 Å². The number of nitrogens with zero attached hydrogens (tertiary/aromatic N) is 1. The van der Waals surface area contributed by atoms with Crippen LogP contribution in [0.15, 0.2) is 0 Å². The Morgan fingerprint density at radius 2 is 2.43 bits per heavy atom. The van der Waals surface area contributed by atoms with E-state index in [1.165, 1.54) is 6.42 Å². The zero-order valence-electron chi connectivity index (χ0n) is 9.08. The molecule has 1 saturated carbocycles. The van der Waals surface area contributed by atoms with Crippen molar-refractivity contribution in [1.29, 1.82) is 0 Å². The van der Waals surface area contributed by atoms with Gasteiger partial charge in [0.05, 0.1) is 12.0 Å². The summed E-state index contributed by atoms with van der Waals surface area (Å²) >= 11 is 0. The molecule has 0 amide bonds. The Morgan fingerprint density at radius 1 is 1.64 bits per heavy atom. The van der Waals surface area contributed by atoms with Gasteiger partial charge in [0.15, 0.2) is 0 Å². The van der Waals surface area contributed by atoms with Crippen molar-refractivity contribution in [2.24, 2.45) is 11.3 Å². The molecule has 2 unspecified atom stereocenters. The first-order valence-electron chi connectivity index (χ1n) is 5.52. The zero-order chi connectivity index (χ0) is 10.2. The Kier molecular flexibility index (Phi) is 2.52. The Hall–Kier alpha value is -0.570. The minimum Gasteiger partial charge on any atom is -0.466 e. The van der Waals surface area contributed by atoms with Gasteiger partial charge in [0.2, 0.25) is 0 Å². The average Bonchev–Trinajstić information content (AvgIpc) is 2.44. The molecular weight excluding hydrogens is 178 g/mol. The summed E-state index contributed by atoms with van der Waals surface area (Å²) in [5.74, 6) is 0.757. The Balaban J connectivity index is 2.10. The molecule has 80 valence electrons. The molecule has 2 aliphatic rings. The largest absolute Gasteiger partial charge is 0.466 e. The van der Waals surface area contributed by atoms with Crippen molar-refractivity contribution in [3.05, 3.63) is 0 Å². The van der Waals surface area contributed by atoms with E-state index >= 15 is 0 Å². The summed E-state index contributed by atoms with van der Waals surface area (Å²) in [6, 6.07) is 0. The summed E-state index contributed by atoms with van der Waals surface area (Å²) in [4.78, 5) is 14.2. The average molecular weight is 197 g/mol. The first kappa shape index (κ1) is 9.97. The van der Waals surface area contributed by atoms with Gasteiger partial charge in [-0.15, -0.1) is 0 Å². The van der Waals surface area contributed by atoms with Crippen LogP contribution in [0.5, 0.6) is 0 Å². The highest BCUT2D eigenvalue weighted by Crippen LogP contribution is 2.46. The number of esters is 1. The number of hydrogen-bond donors (Lipinski definition) is 0. The molecule has 0 aromatic rings. The Morgan fingerprint density at radius 3 is 3.14 bits per heavy atom. The smallest absolute Gasteiger partial charge is 0.313 e. The quantitative estimate of drug-likeness (QED) is 0.625. The molecule has 0 N–H and O–H groups in total. The molecule has 2 fully saturated rings. The first-order valence-corrected chi connectivity index (χ1v) is 5.52. The van der Waals surface area contributed by atoms with E-state index in [4.69, 9.17) is 4.74 Å². The van der Waals surface area contributed by atoms with E-state index in [0.29, 0.717) is 6.61 Å². The van der Waals surface area contributed by atoms with Crippen LogP contribution in [-0.2, 0) is 9.53 Å². The van der Waals surface area contributed by atoms with Gasteiger partial charge in [-0.1, -0.05) is 0 Å². The number of piperidine rings is 1. The molecule has 1 saturated heterocycles. The third-order valence-corrected chi connectivity index (χ3v) is 3.56. The Labute approximate surface area is 85.4 Å². The lowest BCUT2D eigenvalue weighted by Crippen LogP contribution is -2.45. The minimum atomic E-state index is -0.159. The van der Waals surface area contributed by atoms with Crippen LogP contribution in [-0.4, -0.2) is 37.6 Å². The van der Waals surface area contributed by atoms with Crippen molar-refractivity contribution >= 4 is 5.97 Å². The van der Waals surface area contributed by atoms with Crippen LogP contribution in [0, 0.1) is 11.3 Å². The number of fused-ring (bicyclic) bond motifs is 2. The van der Waals surface area contributed by atoms with Gasteiger partial charge in [-0.2, -0.15) is 0 Å². The second-order valence-corrected chi connectivity index (χ2v) is 4.81. The number of rotatable bonds is 2. The predicted molar refractivity (Wildman–Crippen MR) is 53.9 cm³/mol. The minimum absolute atomic E-state index is 0.0362. The van der Waals surface area contributed by atoms with E-state index in [9.17, 15) is 4.79 Å². The molecule has 1 heterocycles. The molecule has 2 bridgehead atoms. The molecule has 2 atom stereocenters. The van der Waals surface area contributed by atoms with Crippen LogP contribution in [0.25, 0.3) is 0 Å². The number of carbonyl (C=O) groups excluding carboxylic acids is 1. The van der Waals surface area contributed by atoms with Crippen molar-refractivity contribution < 1.29 is 9.53 Å². The van der Waals surface area contributed by atoms with Crippen molar-refractivity contribution in [2.75, 3.05) is 26.7 Å². The Bertz CT molecular complexity index is 241. The highest BCUT2D eigenvalue weighted by Gasteiger charge is 2.50. The number of ether oxygens (including phenoxy) is 1. The highest BCUT2D eigenvalue weighted by atomic mass is 16.5. The molecule has 2 rings (SSSR count). The maximum absolute atomic E-state index is 11.9. The summed E-state index contributed by atoms with van der Waals surface area (Å²) in [6.07, 6.45) is 3.28. The van der Waals surface area contributed by atoms with E-state index < -0.39 is 0 Å². The topological polar surface area (TPSA) is 29.5 Å². The molecule has 0 aromatic heterocycles. The molecule has 3 heteroatoms. The lowest BCUT2D eigenvalue weighted by molar-refractivity contribution is -0.157. The molecule has 14 heavy (non-hydrogen) atoms. The van der Waals surface area contributed by atoms with Crippen molar-refractivity contribution in [3.8, 4) is 0 Å². The fourth-order valence-electron chi connectivity index (χ4n) is 3.09. The van der Waals surface area contributed by atoms with Crippen LogP contribution in [0.3, 0.4) is 0 Å². The van der Waals surface area contributed by atoms with Gasteiger partial charge >= 0.3 is 5.97 Å². The van der Waals surface area contributed by atoms with Crippen LogP contribution in [0.4, 0.5) is 0 Å². The standard InChI is InChI=1S/C11H19NO2/c1-3-14-10(13)11-5-4-9(6-11)7-12(2)8-11/h9H,3-8H2,1-2H3. The van der Waals surface area contributed by atoms with E-state index in [0.717, 1.165) is 31.8 Å². The highest BCUT2D eigenvalue weighted by molar-refractivity contribution is 5.77. The van der Waals surface area contributed by atoms with E-state index in [2.05, 4.69) is 11.9 Å². The monoisotopic (exact) mass is 197 g/mol. The lowest BCUT2D eigenvalue weighted by Gasteiger charge is -2.36. The fraction of sp³-hybridized carbons (Fsp3) is 0.909. The summed E-state index contributed by atoms with van der Waals surface area (Å²) in [7, 11) is 2.10. The normalized spacial score (nSPS) is 37.1. The van der Waals surface area contributed by atoms with Gasteiger partial charge < -0.3 is 9.64 Å². The fourth-order valence-corrected chi connectivity index (χ4v) is 3.09. The van der Waals surface area contributed by atoms with E-state index in [1.54, 1.807) is 0 Å². The van der Waals surface area contributed by atoms with Gasteiger partial charge in [-0.25, -0.2) is 0 Å². The maximum atomic E-state index is 11.9. The summed E-state index contributed by atoms with van der Waals surface area (Å²) in [6.45, 7) is 4.44. The number of carbonyl (C=O) groups is 1. The maximum Gasteiger partial charge on any atom is 0.313 e. The third-order valence-electron chi connectivity index (χ3n) is 3.56. The SMILES string of the molecule is CCOC(=O)C12CCC(CN(C)C1)C2. The number of likely N-dealkylation sites (tertiary alicyclic amines) is 1. The van der Waals surface area contributed by atoms with Gasteiger partial charge in [-0.05, 0) is 39.2 Å². The van der Waals surface area contributed by atoms with Gasteiger partial charge in [0.1, 0.15) is 0 Å². The van der Waals surface area contributed by atoms with Crippen LogP contribution in [0.1, 0.15) is 26.2 Å². The first-order chi connectivity index (χ1) is 6.66. The molecule has 1 aliphatic carbocycles. The zero-order valence-corrected chi connectivity index (χ0v) is 9.08. The van der Waals surface area contributed by atoms with Crippen molar-refractivity contribution in [2.45, 2.75) is 26.2 Å². The molecule has 0 aromatic carbocycles.